The topological polar surface area (TPSA) is 42.0 Å². The molecule has 0 saturated heterocycles. The van der Waals surface area contributed by atoms with Gasteiger partial charge in [0.1, 0.15) is 5.01 Å². The zero-order valence-electron chi connectivity index (χ0n) is 13.3. The van der Waals surface area contributed by atoms with Crippen LogP contribution in [0.15, 0.2) is 72.3 Å². The molecule has 3 aromatic rings. The van der Waals surface area contributed by atoms with Gasteiger partial charge in [-0.25, -0.2) is 4.98 Å². The molecule has 3 nitrogen and oxygen atoms in total. The fraction of sp³-hybridized carbons (Fsp3) is 0.100. The van der Waals surface area contributed by atoms with E-state index >= 15 is 0 Å². The molecule has 1 atom stereocenters. The van der Waals surface area contributed by atoms with Gasteiger partial charge in [0.2, 0.25) is 5.91 Å². The summed E-state index contributed by atoms with van der Waals surface area (Å²) in [7, 11) is 0. The van der Waals surface area contributed by atoms with Crippen LogP contribution in [0.25, 0.3) is 16.6 Å². The first-order valence-electron chi connectivity index (χ1n) is 7.76. The van der Waals surface area contributed by atoms with E-state index in [-0.39, 0.29) is 11.9 Å². The highest BCUT2D eigenvalue weighted by atomic mass is 32.1. The minimum atomic E-state index is -0.106. The number of hydrogen-bond donors (Lipinski definition) is 1. The van der Waals surface area contributed by atoms with Crippen molar-refractivity contribution in [1.82, 2.24) is 10.3 Å². The molecule has 1 aromatic heterocycles. The van der Waals surface area contributed by atoms with Gasteiger partial charge < -0.3 is 5.32 Å². The van der Waals surface area contributed by atoms with Crippen LogP contribution in [0, 0.1) is 0 Å². The second-order valence-electron chi connectivity index (χ2n) is 5.44. The highest BCUT2D eigenvalue weighted by molar-refractivity contribution is 7.13. The number of carbonyl (C=O) groups is 1. The van der Waals surface area contributed by atoms with E-state index in [0.717, 1.165) is 21.7 Å². The van der Waals surface area contributed by atoms with Crippen molar-refractivity contribution in [3.63, 3.8) is 0 Å². The predicted molar refractivity (Wildman–Crippen MR) is 99.6 cm³/mol. The fourth-order valence-corrected chi connectivity index (χ4v) is 3.02. The Kier molecular flexibility index (Phi) is 5.18. The zero-order chi connectivity index (χ0) is 16.8. The largest absolute Gasteiger partial charge is 0.346 e. The molecule has 0 spiro atoms. The molecule has 0 radical (unpaired) electrons. The maximum atomic E-state index is 12.1. The maximum Gasteiger partial charge on any atom is 0.244 e. The lowest BCUT2D eigenvalue weighted by Gasteiger charge is -2.13. The quantitative estimate of drug-likeness (QED) is 0.687. The van der Waals surface area contributed by atoms with E-state index in [1.165, 1.54) is 0 Å². The van der Waals surface area contributed by atoms with Gasteiger partial charge >= 0.3 is 0 Å². The molecule has 0 saturated carbocycles. The second-order valence-corrected chi connectivity index (χ2v) is 6.33. The molecule has 0 unspecified atom stereocenters. The third-order valence-corrected chi connectivity index (χ3v) is 4.47. The summed E-state index contributed by atoms with van der Waals surface area (Å²) in [6, 6.07) is 17.8. The predicted octanol–water partition coefficient (Wildman–Crippen LogP) is 4.70. The number of aromatic nitrogens is 1. The highest BCUT2D eigenvalue weighted by Gasteiger charge is 2.09. The van der Waals surface area contributed by atoms with Gasteiger partial charge in [0, 0.05) is 23.2 Å². The molecule has 2 aromatic carbocycles. The summed E-state index contributed by atoms with van der Waals surface area (Å²) in [6.07, 6.45) is 5.18. The van der Waals surface area contributed by atoms with E-state index in [0.29, 0.717) is 0 Å². The first kappa shape index (κ1) is 16.1. The Balaban J connectivity index is 1.66. The Bertz CT molecular complexity index is 826. The highest BCUT2D eigenvalue weighted by Crippen LogP contribution is 2.24. The Labute approximate surface area is 145 Å². The Morgan fingerprint density at radius 3 is 2.75 bits per heavy atom. The van der Waals surface area contributed by atoms with Gasteiger partial charge in [0.05, 0.1) is 6.04 Å². The van der Waals surface area contributed by atoms with E-state index in [1.807, 2.05) is 66.9 Å². The molecule has 120 valence electrons. The van der Waals surface area contributed by atoms with Gasteiger partial charge in [-0.2, -0.15) is 0 Å². The average Bonchev–Trinajstić information content (AvgIpc) is 3.16. The number of carbonyl (C=O) groups excluding carboxylic acids is 1. The molecule has 0 aliphatic rings. The minimum absolute atomic E-state index is 0.0714. The lowest BCUT2D eigenvalue weighted by molar-refractivity contribution is -0.117. The van der Waals surface area contributed by atoms with Crippen LogP contribution in [0.3, 0.4) is 0 Å². The van der Waals surface area contributed by atoms with Gasteiger partial charge in [-0.3, -0.25) is 4.79 Å². The number of hydrogen-bond acceptors (Lipinski definition) is 3. The summed E-state index contributed by atoms with van der Waals surface area (Å²) in [6.45, 7) is 1.98. The zero-order valence-corrected chi connectivity index (χ0v) is 14.2. The van der Waals surface area contributed by atoms with E-state index in [2.05, 4.69) is 16.4 Å². The Morgan fingerprint density at radius 2 is 2.00 bits per heavy atom. The van der Waals surface area contributed by atoms with E-state index in [4.69, 9.17) is 0 Å². The average molecular weight is 334 g/mol. The summed E-state index contributed by atoms with van der Waals surface area (Å²) >= 11 is 1.61. The van der Waals surface area contributed by atoms with Gasteiger partial charge in [0.15, 0.2) is 0 Å². The molecule has 3 rings (SSSR count). The van der Waals surface area contributed by atoms with E-state index in [9.17, 15) is 4.79 Å². The standard InChI is InChI=1S/C20H18N2OS/c1-15(22-19(23)11-10-16-6-3-2-4-7-16)17-8-5-9-18(14-17)20-21-12-13-24-20/h2-15H,1H3,(H,22,23)/b11-10+/t15-/m0/s1. The van der Waals surface area contributed by atoms with Crippen LogP contribution in [-0.4, -0.2) is 10.9 Å². The lowest BCUT2D eigenvalue weighted by atomic mass is 10.1. The molecule has 1 N–H and O–H groups in total. The van der Waals surface area contributed by atoms with Crippen molar-refractivity contribution in [2.45, 2.75) is 13.0 Å². The molecule has 0 fully saturated rings. The van der Waals surface area contributed by atoms with Crippen LogP contribution in [-0.2, 0) is 4.79 Å². The number of nitrogens with zero attached hydrogens (tertiary/aromatic N) is 1. The van der Waals surface area contributed by atoms with Crippen molar-refractivity contribution in [2.24, 2.45) is 0 Å². The number of thiazole rings is 1. The van der Waals surface area contributed by atoms with E-state index < -0.39 is 0 Å². The van der Waals surface area contributed by atoms with Crippen molar-refractivity contribution in [3.8, 4) is 10.6 Å². The van der Waals surface area contributed by atoms with Gasteiger partial charge in [0.25, 0.3) is 0 Å². The fourth-order valence-electron chi connectivity index (χ4n) is 2.39. The molecule has 1 heterocycles. The van der Waals surface area contributed by atoms with Gasteiger partial charge in [-0.15, -0.1) is 11.3 Å². The molecule has 4 heteroatoms. The molecule has 0 aliphatic heterocycles. The minimum Gasteiger partial charge on any atom is -0.346 e. The molecule has 0 aliphatic carbocycles. The summed E-state index contributed by atoms with van der Waals surface area (Å²) in [5, 5.41) is 5.94. The number of benzene rings is 2. The molecule has 0 bridgehead atoms. The number of rotatable bonds is 5. The summed E-state index contributed by atoms with van der Waals surface area (Å²) in [5.41, 5.74) is 3.14. The summed E-state index contributed by atoms with van der Waals surface area (Å²) in [4.78, 5) is 16.4. The smallest absolute Gasteiger partial charge is 0.244 e. The molecule has 1 amide bonds. The second kappa shape index (κ2) is 7.70. The number of nitrogens with one attached hydrogen (secondary N) is 1. The lowest BCUT2D eigenvalue weighted by Crippen LogP contribution is -2.24. The van der Waals surface area contributed by atoms with Crippen LogP contribution in [0.1, 0.15) is 24.1 Å². The van der Waals surface area contributed by atoms with Crippen molar-refractivity contribution < 1.29 is 4.79 Å². The first-order chi connectivity index (χ1) is 11.7. The van der Waals surface area contributed by atoms with Crippen molar-refractivity contribution in [1.29, 1.82) is 0 Å². The SMILES string of the molecule is C[C@H](NC(=O)/C=C/c1ccccc1)c1cccc(-c2nccs2)c1. The van der Waals surface area contributed by atoms with Crippen molar-refractivity contribution in [3.05, 3.63) is 83.4 Å². The molecular weight excluding hydrogens is 316 g/mol. The van der Waals surface area contributed by atoms with Crippen LogP contribution in [0.5, 0.6) is 0 Å². The number of amides is 1. The third-order valence-electron chi connectivity index (χ3n) is 3.65. The van der Waals surface area contributed by atoms with Gasteiger partial charge in [-0.05, 0) is 30.2 Å². The summed E-state index contributed by atoms with van der Waals surface area (Å²) in [5.74, 6) is -0.106. The van der Waals surface area contributed by atoms with Crippen molar-refractivity contribution >= 4 is 23.3 Å². The van der Waals surface area contributed by atoms with Crippen LogP contribution in [0.4, 0.5) is 0 Å². The van der Waals surface area contributed by atoms with Crippen molar-refractivity contribution in [2.75, 3.05) is 0 Å². The summed E-state index contributed by atoms with van der Waals surface area (Å²) < 4.78 is 0. The van der Waals surface area contributed by atoms with Crippen LogP contribution >= 0.6 is 11.3 Å². The molecular formula is C20H18N2OS. The van der Waals surface area contributed by atoms with Gasteiger partial charge in [-0.1, -0.05) is 48.5 Å². The first-order valence-corrected chi connectivity index (χ1v) is 8.64. The van der Waals surface area contributed by atoms with Crippen LogP contribution < -0.4 is 5.32 Å². The monoisotopic (exact) mass is 334 g/mol. The molecule has 24 heavy (non-hydrogen) atoms. The maximum absolute atomic E-state index is 12.1. The Hall–Kier alpha value is -2.72. The normalized spacial score (nSPS) is 12.2. The van der Waals surface area contributed by atoms with E-state index in [1.54, 1.807) is 23.6 Å². The third kappa shape index (κ3) is 4.18. The Morgan fingerprint density at radius 1 is 1.17 bits per heavy atom. The van der Waals surface area contributed by atoms with Crippen LogP contribution in [0.2, 0.25) is 0 Å².